The Morgan fingerprint density at radius 3 is 2.53 bits per heavy atom. The van der Waals surface area contributed by atoms with Crippen molar-refractivity contribution < 1.29 is 0 Å². The number of rotatable bonds is 2. The molecule has 2 unspecified atom stereocenters. The quantitative estimate of drug-likeness (QED) is 0.875. The molecule has 0 aromatic heterocycles. The largest absolute Gasteiger partial charge is 0.369 e. The molecule has 0 aliphatic carbocycles. The van der Waals surface area contributed by atoms with Crippen molar-refractivity contribution in [2.75, 3.05) is 18.0 Å². The number of nitrogens with zero attached hydrogens (tertiary/aromatic N) is 1. The average molecular weight is 250 g/mol. The van der Waals surface area contributed by atoms with E-state index in [1.54, 1.807) is 0 Å². The van der Waals surface area contributed by atoms with Gasteiger partial charge in [-0.25, -0.2) is 0 Å². The Kier molecular flexibility index (Phi) is 4.00. The van der Waals surface area contributed by atoms with Crippen LogP contribution in [0.1, 0.15) is 25.0 Å². The third-order valence-electron chi connectivity index (χ3n) is 3.28. The van der Waals surface area contributed by atoms with E-state index in [9.17, 15) is 0 Å². The molecule has 1 saturated heterocycles. The van der Waals surface area contributed by atoms with Gasteiger partial charge in [-0.3, -0.25) is 0 Å². The van der Waals surface area contributed by atoms with E-state index in [1.165, 1.54) is 16.8 Å². The number of anilines is 1. The number of para-hydroxylation sites is 1. The molecule has 0 radical (unpaired) electrons. The van der Waals surface area contributed by atoms with E-state index < -0.39 is 0 Å². The van der Waals surface area contributed by atoms with Gasteiger partial charge in [-0.15, -0.1) is 0 Å². The van der Waals surface area contributed by atoms with Crippen LogP contribution < -0.4 is 10.6 Å². The molecule has 0 spiro atoms. The third kappa shape index (κ3) is 2.78. The fourth-order valence-corrected chi connectivity index (χ4v) is 4.02. The molecule has 2 N–H and O–H groups in total. The zero-order valence-corrected chi connectivity index (χ0v) is 11.8. The summed E-state index contributed by atoms with van der Waals surface area (Å²) < 4.78 is 0. The van der Waals surface area contributed by atoms with Gasteiger partial charge in [0.2, 0.25) is 0 Å². The topological polar surface area (TPSA) is 29.3 Å². The summed E-state index contributed by atoms with van der Waals surface area (Å²) in [6.45, 7) is 9.70. The highest BCUT2D eigenvalue weighted by atomic mass is 32.2. The van der Waals surface area contributed by atoms with Gasteiger partial charge in [-0.2, -0.15) is 11.8 Å². The summed E-state index contributed by atoms with van der Waals surface area (Å²) in [6.07, 6.45) is 0. The van der Waals surface area contributed by atoms with Crippen LogP contribution >= 0.6 is 11.8 Å². The van der Waals surface area contributed by atoms with Gasteiger partial charge in [0.15, 0.2) is 0 Å². The number of aryl methyl sites for hydroxylation is 1. The maximum Gasteiger partial charge on any atom is 0.0442 e. The molecule has 2 nitrogen and oxygen atoms in total. The lowest BCUT2D eigenvalue weighted by Gasteiger charge is -2.38. The molecular weight excluding hydrogens is 228 g/mol. The van der Waals surface area contributed by atoms with Gasteiger partial charge in [0.25, 0.3) is 0 Å². The van der Waals surface area contributed by atoms with Crippen molar-refractivity contribution in [3.63, 3.8) is 0 Å². The molecule has 2 atom stereocenters. The average Bonchev–Trinajstić information content (AvgIpc) is 2.27. The van der Waals surface area contributed by atoms with Crippen LogP contribution in [0.25, 0.3) is 0 Å². The maximum atomic E-state index is 5.86. The Morgan fingerprint density at radius 1 is 1.29 bits per heavy atom. The van der Waals surface area contributed by atoms with E-state index in [0.29, 0.717) is 17.0 Å². The molecule has 1 aliphatic heterocycles. The lowest BCUT2D eigenvalue weighted by atomic mass is 10.1. The van der Waals surface area contributed by atoms with E-state index in [-0.39, 0.29) is 0 Å². The SMILES string of the molecule is Cc1cccc(CN)c1N1CC(C)SC(C)C1. The van der Waals surface area contributed by atoms with Gasteiger partial charge in [0, 0.05) is 35.8 Å². The second-order valence-corrected chi connectivity index (χ2v) is 6.83. The zero-order valence-electron chi connectivity index (χ0n) is 10.9. The highest BCUT2D eigenvalue weighted by molar-refractivity contribution is 8.00. The first-order chi connectivity index (χ1) is 8.11. The second kappa shape index (κ2) is 5.32. The lowest BCUT2D eigenvalue weighted by molar-refractivity contribution is 0.722. The second-order valence-electron chi connectivity index (χ2n) is 4.95. The van der Waals surface area contributed by atoms with Crippen molar-refractivity contribution in [2.24, 2.45) is 5.73 Å². The van der Waals surface area contributed by atoms with Gasteiger partial charge in [-0.1, -0.05) is 32.0 Å². The summed E-state index contributed by atoms with van der Waals surface area (Å²) in [5.74, 6) is 0. The Balaban J connectivity index is 2.32. The molecule has 0 amide bonds. The first-order valence-corrected chi connectivity index (χ1v) is 7.25. The van der Waals surface area contributed by atoms with Crippen molar-refractivity contribution in [3.8, 4) is 0 Å². The van der Waals surface area contributed by atoms with Crippen LogP contribution in [0.15, 0.2) is 18.2 Å². The van der Waals surface area contributed by atoms with E-state index in [1.807, 2.05) is 0 Å². The molecule has 17 heavy (non-hydrogen) atoms. The normalized spacial score (nSPS) is 25.1. The summed E-state index contributed by atoms with van der Waals surface area (Å²) in [6, 6.07) is 6.44. The number of benzene rings is 1. The monoisotopic (exact) mass is 250 g/mol. The van der Waals surface area contributed by atoms with Crippen LogP contribution in [0, 0.1) is 6.92 Å². The first-order valence-electron chi connectivity index (χ1n) is 6.30. The number of hydrogen-bond acceptors (Lipinski definition) is 3. The summed E-state index contributed by atoms with van der Waals surface area (Å²) >= 11 is 2.09. The van der Waals surface area contributed by atoms with Gasteiger partial charge in [0.05, 0.1) is 0 Å². The minimum Gasteiger partial charge on any atom is -0.369 e. The van der Waals surface area contributed by atoms with Crippen LogP contribution in [0.2, 0.25) is 0 Å². The first kappa shape index (κ1) is 12.8. The molecule has 0 bridgehead atoms. The summed E-state index contributed by atoms with van der Waals surface area (Å²) in [7, 11) is 0. The van der Waals surface area contributed by atoms with Crippen LogP contribution in [0.4, 0.5) is 5.69 Å². The Hall–Kier alpha value is -0.670. The summed E-state index contributed by atoms with van der Waals surface area (Å²) in [5, 5.41) is 1.40. The Labute approximate surface area is 109 Å². The molecule has 3 heteroatoms. The Morgan fingerprint density at radius 2 is 1.94 bits per heavy atom. The van der Waals surface area contributed by atoms with Gasteiger partial charge in [-0.05, 0) is 18.1 Å². The smallest absolute Gasteiger partial charge is 0.0442 e. The minimum atomic E-state index is 0.628. The minimum absolute atomic E-state index is 0.628. The van der Waals surface area contributed by atoms with Crippen LogP contribution in [0.3, 0.4) is 0 Å². The number of nitrogens with two attached hydrogens (primary N) is 1. The molecule has 1 heterocycles. The van der Waals surface area contributed by atoms with E-state index >= 15 is 0 Å². The molecule has 1 aromatic rings. The molecule has 1 aromatic carbocycles. The number of hydrogen-bond donors (Lipinski definition) is 1. The lowest BCUT2D eigenvalue weighted by Crippen LogP contribution is -2.41. The van der Waals surface area contributed by atoms with Crippen molar-refractivity contribution in [2.45, 2.75) is 37.8 Å². The summed E-state index contributed by atoms with van der Waals surface area (Å²) in [5.41, 5.74) is 9.85. The molecule has 1 fully saturated rings. The van der Waals surface area contributed by atoms with Crippen molar-refractivity contribution in [3.05, 3.63) is 29.3 Å². The van der Waals surface area contributed by atoms with Crippen molar-refractivity contribution in [1.29, 1.82) is 0 Å². The number of thioether (sulfide) groups is 1. The fourth-order valence-electron chi connectivity index (χ4n) is 2.70. The van der Waals surface area contributed by atoms with Crippen LogP contribution in [0.5, 0.6) is 0 Å². The fraction of sp³-hybridized carbons (Fsp3) is 0.571. The van der Waals surface area contributed by atoms with Crippen LogP contribution in [-0.2, 0) is 6.54 Å². The van der Waals surface area contributed by atoms with Crippen molar-refractivity contribution in [1.82, 2.24) is 0 Å². The van der Waals surface area contributed by atoms with E-state index in [2.05, 4.69) is 55.6 Å². The standard InChI is InChI=1S/C14H22N2S/c1-10-5-4-6-13(7-15)14(10)16-8-11(2)17-12(3)9-16/h4-6,11-12H,7-9,15H2,1-3H3. The van der Waals surface area contributed by atoms with Gasteiger partial charge in [0.1, 0.15) is 0 Å². The van der Waals surface area contributed by atoms with Gasteiger partial charge >= 0.3 is 0 Å². The zero-order chi connectivity index (χ0) is 12.4. The van der Waals surface area contributed by atoms with Crippen LogP contribution in [-0.4, -0.2) is 23.6 Å². The van der Waals surface area contributed by atoms with E-state index in [4.69, 9.17) is 5.73 Å². The molecule has 2 rings (SSSR count). The molecule has 1 aliphatic rings. The van der Waals surface area contributed by atoms with E-state index in [0.717, 1.165) is 13.1 Å². The highest BCUT2D eigenvalue weighted by Crippen LogP contribution is 2.32. The van der Waals surface area contributed by atoms with Crippen molar-refractivity contribution >= 4 is 17.4 Å². The maximum absolute atomic E-state index is 5.86. The predicted molar refractivity (Wildman–Crippen MR) is 77.8 cm³/mol. The molecule has 0 saturated carbocycles. The summed E-state index contributed by atoms with van der Waals surface area (Å²) in [4.78, 5) is 2.52. The molecule has 94 valence electrons. The highest BCUT2D eigenvalue weighted by Gasteiger charge is 2.24. The Bertz CT molecular complexity index is 382. The predicted octanol–water partition coefficient (Wildman–Crippen LogP) is 2.78. The third-order valence-corrected chi connectivity index (χ3v) is 4.50. The molecular formula is C14H22N2S. The van der Waals surface area contributed by atoms with Gasteiger partial charge < -0.3 is 10.6 Å².